The maximum Gasteiger partial charge on any atom is 0.132 e. The van der Waals surface area contributed by atoms with Gasteiger partial charge in [0.25, 0.3) is 0 Å². The molecule has 0 fully saturated rings. The molecule has 0 aromatic heterocycles. The van der Waals surface area contributed by atoms with Gasteiger partial charge in [-0.05, 0) is 97.2 Å². The zero-order valence-electron chi connectivity index (χ0n) is 31.1. The number of rotatable bonds is 4. The van der Waals surface area contributed by atoms with E-state index < -0.39 is 5.41 Å². The summed E-state index contributed by atoms with van der Waals surface area (Å²) in [6.07, 6.45) is 0. The quantitative estimate of drug-likeness (QED) is 0.179. The summed E-state index contributed by atoms with van der Waals surface area (Å²) in [5.74, 6) is 1.79. The van der Waals surface area contributed by atoms with Crippen molar-refractivity contribution in [3.8, 4) is 33.8 Å². The van der Waals surface area contributed by atoms with Gasteiger partial charge in [0.15, 0.2) is 0 Å². The Morgan fingerprint density at radius 2 is 0.947 bits per heavy atom. The average Bonchev–Trinajstić information content (AvgIpc) is 3.28. The normalized spacial score (nSPS) is 13.2. The molecule has 0 unspecified atom stereocenters. The van der Waals surface area contributed by atoms with E-state index in [0.717, 1.165) is 39.7 Å². The molecule has 0 atom stereocenters. The molecular formula is C55H35NO. The first-order chi connectivity index (χ1) is 28.3. The van der Waals surface area contributed by atoms with Crippen LogP contribution >= 0.6 is 0 Å². The van der Waals surface area contributed by atoms with E-state index in [1.165, 1.54) is 65.7 Å². The minimum atomic E-state index is -0.598. The van der Waals surface area contributed by atoms with E-state index in [0.29, 0.717) is 0 Å². The number of para-hydroxylation sites is 2. The third kappa shape index (κ3) is 4.59. The molecule has 1 heterocycles. The maximum atomic E-state index is 6.70. The molecule has 1 spiro atoms. The number of fused-ring (bicyclic) bond motifs is 10. The number of anilines is 3. The highest BCUT2D eigenvalue weighted by Gasteiger charge is 2.49. The standard InChI is InChI=1S/C55H35NO/c1-2-16-37(17-3-1)45-34-39-19-6-7-20-40(39)35-51(45)56(41-30-29-36-15-4-5-18-38(36)33-41)50-32-31-43-42-21-8-9-23-46(42)55(49-26-14-22-44(50)54(43)49)47-24-10-12-27-52(47)57-53-28-13-11-25-48(53)55/h1-35H. The van der Waals surface area contributed by atoms with Crippen molar-refractivity contribution >= 4 is 49.4 Å². The summed E-state index contributed by atoms with van der Waals surface area (Å²) < 4.78 is 6.70. The van der Waals surface area contributed by atoms with E-state index >= 15 is 0 Å². The van der Waals surface area contributed by atoms with Gasteiger partial charge in [-0.25, -0.2) is 0 Å². The van der Waals surface area contributed by atoms with Crippen molar-refractivity contribution in [3.05, 3.63) is 235 Å². The van der Waals surface area contributed by atoms with Crippen molar-refractivity contribution in [2.24, 2.45) is 0 Å². The van der Waals surface area contributed by atoms with Crippen LogP contribution in [0.15, 0.2) is 212 Å². The van der Waals surface area contributed by atoms with Crippen LogP contribution in [-0.4, -0.2) is 0 Å². The van der Waals surface area contributed by atoms with Crippen LogP contribution < -0.4 is 9.64 Å². The number of hydrogen-bond donors (Lipinski definition) is 0. The fraction of sp³-hybridized carbons (Fsp3) is 0.0182. The summed E-state index contributed by atoms with van der Waals surface area (Å²) in [5.41, 5.74) is 12.5. The van der Waals surface area contributed by atoms with E-state index in [1.54, 1.807) is 0 Å². The SMILES string of the molecule is c1ccc(-c2cc3ccccc3cc2N(c2ccc3ccccc3c2)c2ccc3c4c(cccc24)C2(c4ccccc4Oc4ccccc42)c2ccccc2-3)cc1. The minimum absolute atomic E-state index is 0.598. The number of nitrogens with zero attached hydrogens (tertiary/aromatic N) is 1. The predicted molar refractivity (Wildman–Crippen MR) is 236 cm³/mol. The van der Waals surface area contributed by atoms with Gasteiger partial charge in [-0.2, -0.15) is 0 Å². The smallest absolute Gasteiger partial charge is 0.132 e. The van der Waals surface area contributed by atoms with Gasteiger partial charge in [-0.3, -0.25) is 0 Å². The first-order valence-corrected chi connectivity index (χ1v) is 19.7. The lowest BCUT2D eigenvalue weighted by atomic mass is 9.58. The fourth-order valence-corrected chi connectivity index (χ4v) is 9.87. The molecule has 1 aliphatic heterocycles. The predicted octanol–water partition coefficient (Wildman–Crippen LogP) is 14.8. The summed E-state index contributed by atoms with van der Waals surface area (Å²) in [7, 11) is 0. The van der Waals surface area contributed by atoms with Gasteiger partial charge in [-0.1, -0.05) is 170 Å². The molecule has 1 aliphatic carbocycles. The Morgan fingerprint density at radius 3 is 1.70 bits per heavy atom. The fourth-order valence-electron chi connectivity index (χ4n) is 9.87. The zero-order valence-corrected chi connectivity index (χ0v) is 31.1. The van der Waals surface area contributed by atoms with Gasteiger partial charge in [0.2, 0.25) is 0 Å². The third-order valence-electron chi connectivity index (χ3n) is 12.3. The third-order valence-corrected chi connectivity index (χ3v) is 12.3. The molecule has 0 saturated heterocycles. The Morgan fingerprint density at radius 1 is 0.351 bits per heavy atom. The number of hydrogen-bond acceptors (Lipinski definition) is 2. The second kappa shape index (κ2) is 12.3. The first kappa shape index (κ1) is 31.9. The lowest BCUT2D eigenvalue weighted by Crippen LogP contribution is -2.36. The largest absolute Gasteiger partial charge is 0.457 e. The molecular weight excluding hydrogens is 691 g/mol. The zero-order chi connectivity index (χ0) is 37.5. The van der Waals surface area contributed by atoms with Crippen LogP contribution in [0.5, 0.6) is 11.5 Å². The topological polar surface area (TPSA) is 12.5 Å². The second-order valence-electron chi connectivity index (χ2n) is 15.2. The number of benzene rings is 10. The van der Waals surface area contributed by atoms with Crippen LogP contribution in [0.2, 0.25) is 0 Å². The highest BCUT2D eigenvalue weighted by atomic mass is 16.5. The van der Waals surface area contributed by atoms with Crippen molar-refractivity contribution in [1.29, 1.82) is 0 Å². The molecule has 10 aromatic carbocycles. The van der Waals surface area contributed by atoms with Crippen LogP contribution in [-0.2, 0) is 5.41 Å². The summed E-state index contributed by atoms with van der Waals surface area (Å²) in [6, 6.07) is 77.7. The van der Waals surface area contributed by atoms with Gasteiger partial charge in [0.1, 0.15) is 11.5 Å². The molecule has 2 aliphatic rings. The molecule has 0 N–H and O–H groups in total. The Kier molecular flexibility index (Phi) is 6.88. The molecule has 0 radical (unpaired) electrons. The van der Waals surface area contributed by atoms with Gasteiger partial charge >= 0.3 is 0 Å². The van der Waals surface area contributed by atoms with Gasteiger partial charge in [-0.15, -0.1) is 0 Å². The van der Waals surface area contributed by atoms with Crippen LogP contribution in [0.3, 0.4) is 0 Å². The van der Waals surface area contributed by atoms with Gasteiger partial charge < -0.3 is 9.64 Å². The summed E-state index contributed by atoms with van der Waals surface area (Å²) in [4.78, 5) is 2.50. The molecule has 57 heavy (non-hydrogen) atoms. The lowest BCUT2D eigenvalue weighted by Gasteiger charge is -2.45. The van der Waals surface area contributed by atoms with Crippen molar-refractivity contribution in [1.82, 2.24) is 0 Å². The van der Waals surface area contributed by atoms with E-state index in [1.807, 2.05) is 0 Å². The highest BCUT2D eigenvalue weighted by molar-refractivity contribution is 6.13. The maximum absolute atomic E-state index is 6.70. The Balaban J connectivity index is 1.22. The van der Waals surface area contributed by atoms with E-state index in [2.05, 4.69) is 217 Å². The van der Waals surface area contributed by atoms with Crippen molar-refractivity contribution in [3.63, 3.8) is 0 Å². The van der Waals surface area contributed by atoms with Gasteiger partial charge in [0, 0.05) is 27.8 Å². The van der Waals surface area contributed by atoms with Crippen molar-refractivity contribution < 1.29 is 4.74 Å². The van der Waals surface area contributed by atoms with Crippen molar-refractivity contribution in [2.75, 3.05) is 4.90 Å². The Hall–Kier alpha value is -7.42. The molecule has 2 nitrogen and oxygen atoms in total. The number of ether oxygens (including phenoxy) is 1. The summed E-state index contributed by atoms with van der Waals surface area (Å²) >= 11 is 0. The van der Waals surface area contributed by atoms with E-state index in [-0.39, 0.29) is 0 Å². The molecule has 2 heteroatoms. The second-order valence-corrected chi connectivity index (χ2v) is 15.2. The molecule has 0 amide bonds. The van der Waals surface area contributed by atoms with Crippen LogP contribution in [0, 0.1) is 0 Å². The summed E-state index contributed by atoms with van der Waals surface area (Å²) in [5, 5.41) is 7.28. The lowest BCUT2D eigenvalue weighted by molar-refractivity contribution is 0.435. The molecule has 10 aromatic rings. The van der Waals surface area contributed by atoms with Crippen LogP contribution in [0.1, 0.15) is 22.3 Å². The molecule has 0 saturated carbocycles. The average molecular weight is 726 g/mol. The molecule has 266 valence electrons. The van der Waals surface area contributed by atoms with Crippen molar-refractivity contribution in [2.45, 2.75) is 5.41 Å². The van der Waals surface area contributed by atoms with Crippen LogP contribution in [0.25, 0.3) is 54.6 Å². The van der Waals surface area contributed by atoms with E-state index in [9.17, 15) is 0 Å². The molecule has 0 bridgehead atoms. The van der Waals surface area contributed by atoms with Crippen LogP contribution in [0.4, 0.5) is 17.1 Å². The Bertz CT molecular complexity index is 3190. The van der Waals surface area contributed by atoms with E-state index in [4.69, 9.17) is 4.74 Å². The van der Waals surface area contributed by atoms with Gasteiger partial charge in [0.05, 0.1) is 16.8 Å². The first-order valence-electron chi connectivity index (χ1n) is 19.7. The highest BCUT2D eigenvalue weighted by Crippen LogP contribution is 2.62. The molecule has 12 rings (SSSR count). The Labute approximate surface area is 331 Å². The summed E-state index contributed by atoms with van der Waals surface area (Å²) in [6.45, 7) is 0. The minimum Gasteiger partial charge on any atom is -0.457 e. The monoisotopic (exact) mass is 725 g/mol.